The zero-order valence-corrected chi connectivity index (χ0v) is 12.4. The van der Waals surface area contributed by atoms with E-state index in [9.17, 15) is 9.90 Å². The predicted molar refractivity (Wildman–Crippen MR) is 81.1 cm³/mol. The van der Waals surface area contributed by atoms with Crippen LogP contribution in [0, 0.1) is 0 Å². The van der Waals surface area contributed by atoms with Crippen molar-refractivity contribution in [1.29, 1.82) is 0 Å². The quantitative estimate of drug-likeness (QED) is 0.886. The average molecular weight is 276 g/mol. The maximum Gasteiger partial charge on any atom is 0.251 e. The molecule has 1 aromatic rings. The van der Waals surface area contributed by atoms with Crippen LogP contribution in [0.1, 0.15) is 42.5 Å². The van der Waals surface area contributed by atoms with Gasteiger partial charge in [0, 0.05) is 25.3 Å². The summed E-state index contributed by atoms with van der Waals surface area (Å²) in [6.07, 6.45) is 5.05. The lowest BCUT2D eigenvalue weighted by Gasteiger charge is -2.36. The molecule has 0 bridgehead atoms. The highest BCUT2D eigenvalue weighted by atomic mass is 16.3. The van der Waals surface area contributed by atoms with E-state index in [1.54, 1.807) is 0 Å². The minimum absolute atomic E-state index is 0.0200. The minimum atomic E-state index is -0.427. The van der Waals surface area contributed by atoms with Crippen LogP contribution in [0.4, 0.5) is 5.69 Å². The van der Waals surface area contributed by atoms with Crippen molar-refractivity contribution in [3.05, 3.63) is 29.8 Å². The van der Waals surface area contributed by atoms with E-state index in [1.165, 1.54) is 6.42 Å². The Kier molecular flexibility index (Phi) is 4.65. The summed E-state index contributed by atoms with van der Waals surface area (Å²) in [5, 5.41) is 12.7. The first-order valence-electron chi connectivity index (χ1n) is 7.27. The first kappa shape index (κ1) is 14.9. The second-order valence-electron chi connectivity index (χ2n) is 5.90. The fourth-order valence-corrected chi connectivity index (χ4v) is 2.79. The number of amides is 1. The van der Waals surface area contributed by atoms with Crippen molar-refractivity contribution in [3.8, 4) is 0 Å². The Morgan fingerprint density at radius 2 is 2.00 bits per heavy atom. The van der Waals surface area contributed by atoms with Gasteiger partial charge in [-0.2, -0.15) is 0 Å². The minimum Gasteiger partial charge on any atom is -0.394 e. The molecule has 20 heavy (non-hydrogen) atoms. The second-order valence-corrected chi connectivity index (χ2v) is 5.90. The van der Waals surface area contributed by atoms with Gasteiger partial charge in [-0.1, -0.05) is 25.3 Å². The van der Waals surface area contributed by atoms with E-state index in [2.05, 4.69) is 5.32 Å². The Labute approximate surface area is 120 Å². The van der Waals surface area contributed by atoms with Crippen LogP contribution in [0.5, 0.6) is 0 Å². The van der Waals surface area contributed by atoms with Gasteiger partial charge in [-0.05, 0) is 31.0 Å². The van der Waals surface area contributed by atoms with Gasteiger partial charge < -0.3 is 15.3 Å². The molecule has 110 valence electrons. The van der Waals surface area contributed by atoms with Gasteiger partial charge in [0.05, 0.1) is 12.1 Å². The van der Waals surface area contributed by atoms with Gasteiger partial charge in [-0.25, -0.2) is 0 Å². The normalized spacial score (nSPS) is 17.6. The highest BCUT2D eigenvalue weighted by Gasteiger charge is 2.33. The van der Waals surface area contributed by atoms with Crippen LogP contribution >= 0.6 is 0 Å². The summed E-state index contributed by atoms with van der Waals surface area (Å²) in [7, 11) is 3.90. The number of hydrogen-bond donors (Lipinski definition) is 2. The van der Waals surface area contributed by atoms with Gasteiger partial charge in [0.1, 0.15) is 0 Å². The van der Waals surface area contributed by atoms with Gasteiger partial charge >= 0.3 is 0 Å². The molecule has 0 radical (unpaired) electrons. The Morgan fingerprint density at radius 3 is 2.60 bits per heavy atom. The fraction of sp³-hybridized carbons (Fsp3) is 0.562. The van der Waals surface area contributed by atoms with Gasteiger partial charge in [0.15, 0.2) is 0 Å². The molecule has 4 nitrogen and oxygen atoms in total. The number of aliphatic hydroxyl groups excluding tert-OH is 1. The lowest BCUT2D eigenvalue weighted by atomic mass is 9.82. The van der Waals surface area contributed by atoms with Crippen LogP contribution in [0.15, 0.2) is 24.3 Å². The van der Waals surface area contributed by atoms with Crippen molar-refractivity contribution < 1.29 is 9.90 Å². The number of nitrogens with one attached hydrogen (secondary N) is 1. The summed E-state index contributed by atoms with van der Waals surface area (Å²) in [5.41, 5.74) is 1.22. The summed E-state index contributed by atoms with van der Waals surface area (Å²) < 4.78 is 0. The maximum absolute atomic E-state index is 12.4. The molecular formula is C16H24N2O2. The SMILES string of the molecule is CN(C)c1cccc(C(=O)NC2(CO)CCCCC2)c1. The molecule has 1 aliphatic rings. The van der Waals surface area contributed by atoms with Crippen LogP contribution in [0.25, 0.3) is 0 Å². The Bertz CT molecular complexity index is 465. The van der Waals surface area contributed by atoms with E-state index >= 15 is 0 Å². The molecule has 0 heterocycles. The van der Waals surface area contributed by atoms with E-state index in [0.717, 1.165) is 31.4 Å². The highest BCUT2D eigenvalue weighted by molar-refractivity contribution is 5.95. The summed E-state index contributed by atoms with van der Waals surface area (Å²) in [6, 6.07) is 7.55. The Morgan fingerprint density at radius 1 is 1.30 bits per heavy atom. The summed E-state index contributed by atoms with van der Waals surface area (Å²) >= 11 is 0. The molecule has 2 N–H and O–H groups in total. The molecule has 1 fully saturated rings. The third kappa shape index (κ3) is 3.31. The van der Waals surface area contributed by atoms with Crippen LogP contribution in [0.2, 0.25) is 0 Å². The van der Waals surface area contributed by atoms with E-state index in [0.29, 0.717) is 5.56 Å². The van der Waals surface area contributed by atoms with Crippen LogP contribution < -0.4 is 10.2 Å². The van der Waals surface area contributed by atoms with Crippen molar-refractivity contribution in [1.82, 2.24) is 5.32 Å². The number of carbonyl (C=O) groups excluding carboxylic acids is 1. The van der Waals surface area contributed by atoms with Crippen LogP contribution in [-0.2, 0) is 0 Å². The van der Waals surface area contributed by atoms with Gasteiger partial charge in [-0.3, -0.25) is 4.79 Å². The monoisotopic (exact) mass is 276 g/mol. The lowest BCUT2D eigenvalue weighted by molar-refractivity contribution is 0.0758. The molecule has 0 aliphatic heterocycles. The number of nitrogens with zero attached hydrogens (tertiary/aromatic N) is 1. The molecule has 1 aliphatic carbocycles. The van der Waals surface area contributed by atoms with Gasteiger partial charge in [0.2, 0.25) is 0 Å². The number of benzene rings is 1. The van der Waals surface area contributed by atoms with E-state index in [1.807, 2.05) is 43.3 Å². The standard InChI is InChI=1S/C16H24N2O2/c1-18(2)14-8-6-7-13(11-14)15(20)17-16(12-19)9-4-3-5-10-16/h6-8,11,19H,3-5,9-10,12H2,1-2H3,(H,17,20). The molecule has 1 amide bonds. The van der Waals surface area contributed by atoms with Crippen molar-refractivity contribution in [2.45, 2.75) is 37.6 Å². The zero-order chi connectivity index (χ0) is 14.6. The van der Waals surface area contributed by atoms with E-state index in [-0.39, 0.29) is 12.5 Å². The van der Waals surface area contributed by atoms with Gasteiger partial charge in [-0.15, -0.1) is 0 Å². The number of anilines is 1. The Hall–Kier alpha value is -1.55. The molecule has 0 atom stereocenters. The third-order valence-electron chi connectivity index (χ3n) is 4.12. The first-order valence-corrected chi connectivity index (χ1v) is 7.27. The smallest absolute Gasteiger partial charge is 0.251 e. The van der Waals surface area contributed by atoms with Gasteiger partial charge in [0.25, 0.3) is 5.91 Å². The van der Waals surface area contributed by atoms with E-state index < -0.39 is 5.54 Å². The molecule has 0 unspecified atom stereocenters. The largest absolute Gasteiger partial charge is 0.394 e. The maximum atomic E-state index is 12.4. The highest BCUT2D eigenvalue weighted by Crippen LogP contribution is 2.28. The zero-order valence-electron chi connectivity index (χ0n) is 12.4. The molecular weight excluding hydrogens is 252 g/mol. The number of aliphatic hydroxyl groups is 1. The fourth-order valence-electron chi connectivity index (χ4n) is 2.79. The topological polar surface area (TPSA) is 52.6 Å². The molecule has 1 saturated carbocycles. The summed E-state index contributed by atoms with van der Waals surface area (Å²) in [6.45, 7) is 0.0200. The van der Waals surface area contributed by atoms with E-state index in [4.69, 9.17) is 0 Å². The van der Waals surface area contributed by atoms with Crippen molar-refractivity contribution in [2.24, 2.45) is 0 Å². The molecule has 0 aromatic heterocycles. The van der Waals surface area contributed by atoms with Crippen LogP contribution in [0.3, 0.4) is 0 Å². The number of hydrogen-bond acceptors (Lipinski definition) is 3. The summed E-state index contributed by atoms with van der Waals surface area (Å²) in [5.74, 6) is -0.0929. The first-order chi connectivity index (χ1) is 9.56. The average Bonchev–Trinajstić information content (AvgIpc) is 2.48. The van der Waals surface area contributed by atoms with Crippen molar-refractivity contribution >= 4 is 11.6 Å². The third-order valence-corrected chi connectivity index (χ3v) is 4.12. The Balaban J connectivity index is 2.12. The molecule has 0 saturated heterocycles. The molecule has 2 rings (SSSR count). The number of rotatable bonds is 4. The van der Waals surface area contributed by atoms with Crippen molar-refractivity contribution in [3.63, 3.8) is 0 Å². The second kappa shape index (κ2) is 6.27. The van der Waals surface area contributed by atoms with Crippen molar-refractivity contribution in [2.75, 3.05) is 25.6 Å². The molecule has 1 aromatic carbocycles. The molecule has 0 spiro atoms. The predicted octanol–water partition coefficient (Wildman–Crippen LogP) is 2.18. The summed E-state index contributed by atoms with van der Waals surface area (Å²) in [4.78, 5) is 14.4. The molecule has 4 heteroatoms. The van der Waals surface area contributed by atoms with Crippen LogP contribution in [-0.4, -0.2) is 37.3 Å². The number of carbonyl (C=O) groups is 1. The lowest BCUT2D eigenvalue weighted by Crippen LogP contribution is -2.52.